The van der Waals surface area contributed by atoms with Gasteiger partial charge in [-0.2, -0.15) is 0 Å². The van der Waals surface area contributed by atoms with E-state index in [2.05, 4.69) is 13.8 Å². The number of hydrogen-bond donors (Lipinski definition) is 0. The fourth-order valence-electron chi connectivity index (χ4n) is 1.70. The second kappa shape index (κ2) is 3.12. The number of rotatable bonds is 2. The quantitative estimate of drug-likeness (QED) is 0.635. The Hall–Kier alpha value is -0.720. The van der Waals surface area contributed by atoms with Crippen LogP contribution in [0.2, 0.25) is 0 Å². The molecule has 0 aliphatic carbocycles. The molecule has 0 fully saturated rings. The first kappa shape index (κ1) is 8.38. The minimum atomic E-state index is 1.09. The fraction of sp³-hybridized carbons (Fsp3) is 0.600. The van der Waals surface area contributed by atoms with Gasteiger partial charge in [0.25, 0.3) is 0 Å². The Morgan fingerprint density at radius 2 is 1.27 bits per heavy atom. The molecular weight excluding hydrogens is 136 g/mol. The van der Waals surface area contributed by atoms with Gasteiger partial charge in [0, 0.05) is 0 Å². The van der Waals surface area contributed by atoms with Crippen LogP contribution in [0.3, 0.4) is 0 Å². The van der Waals surface area contributed by atoms with Crippen LogP contribution in [0.15, 0.2) is 4.42 Å². The van der Waals surface area contributed by atoms with Gasteiger partial charge < -0.3 is 4.42 Å². The van der Waals surface area contributed by atoms with E-state index in [0.717, 1.165) is 24.4 Å². The predicted octanol–water partition coefficient (Wildman–Crippen LogP) is 3.02. The van der Waals surface area contributed by atoms with Crippen LogP contribution >= 0.6 is 0 Å². The highest BCUT2D eigenvalue weighted by molar-refractivity contribution is 5.32. The Balaban J connectivity index is 3.17. The van der Waals surface area contributed by atoms with Gasteiger partial charge in [0.1, 0.15) is 11.5 Å². The summed E-state index contributed by atoms with van der Waals surface area (Å²) in [5.74, 6) is 2.20. The van der Waals surface area contributed by atoms with E-state index in [-0.39, 0.29) is 0 Å². The summed E-state index contributed by atoms with van der Waals surface area (Å²) < 4.78 is 5.53. The first-order valence-electron chi connectivity index (χ1n) is 4.28. The van der Waals surface area contributed by atoms with Crippen LogP contribution < -0.4 is 0 Å². The maximum Gasteiger partial charge on any atom is 0.104 e. The van der Waals surface area contributed by atoms with Gasteiger partial charge in [0.2, 0.25) is 0 Å². The third-order valence-electron chi connectivity index (χ3n) is 2.23. The van der Waals surface area contributed by atoms with Crippen LogP contribution in [-0.2, 0) is 12.8 Å². The van der Waals surface area contributed by atoms with Crippen molar-refractivity contribution in [2.45, 2.75) is 40.5 Å². The van der Waals surface area contributed by atoms with Crippen molar-refractivity contribution in [2.75, 3.05) is 0 Å². The van der Waals surface area contributed by atoms with Crippen molar-refractivity contribution >= 4 is 0 Å². The lowest BCUT2D eigenvalue weighted by atomic mass is 10.0. The Morgan fingerprint density at radius 1 is 0.909 bits per heavy atom. The number of hydrogen-bond acceptors (Lipinski definition) is 1. The van der Waals surface area contributed by atoms with Gasteiger partial charge in [0.05, 0.1) is 0 Å². The molecule has 0 aliphatic heterocycles. The van der Waals surface area contributed by atoms with Crippen molar-refractivity contribution in [1.82, 2.24) is 0 Å². The summed E-state index contributed by atoms with van der Waals surface area (Å²) in [7, 11) is 0. The van der Waals surface area contributed by atoms with E-state index >= 15 is 0 Å². The molecule has 0 radical (unpaired) electrons. The number of furan rings is 1. The van der Waals surface area contributed by atoms with Crippen molar-refractivity contribution in [3.63, 3.8) is 0 Å². The first-order valence-corrected chi connectivity index (χ1v) is 4.28. The summed E-state index contributed by atoms with van der Waals surface area (Å²) in [6.45, 7) is 8.45. The Labute approximate surface area is 68.4 Å². The Bertz CT molecular complexity index is 221. The molecule has 1 aromatic rings. The van der Waals surface area contributed by atoms with Gasteiger partial charge in [0.15, 0.2) is 0 Å². The molecule has 1 nitrogen and oxygen atoms in total. The van der Waals surface area contributed by atoms with Crippen molar-refractivity contribution in [2.24, 2.45) is 0 Å². The molecule has 0 spiro atoms. The van der Waals surface area contributed by atoms with Crippen LogP contribution in [0.1, 0.15) is 36.5 Å². The molecular formula is C10H16O. The van der Waals surface area contributed by atoms with Gasteiger partial charge in [-0.1, -0.05) is 13.8 Å². The second-order valence-electron chi connectivity index (χ2n) is 2.88. The molecule has 1 heterocycles. The molecule has 11 heavy (non-hydrogen) atoms. The molecule has 0 unspecified atom stereocenters. The van der Waals surface area contributed by atoms with Crippen LogP contribution in [0.5, 0.6) is 0 Å². The van der Waals surface area contributed by atoms with Crippen molar-refractivity contribution in [3.05, 3.63) is 22.6 Å². The summed E-state index contributed by atoms with van der Waals surface area (Å²) in [6, 6.07) is 0. The van der Waals surface area contributed by atoms with E-state index in [9.17, 15) is 0 Å². The highest BCUT2D eigenvalue weighted by Crippen LogP contribution is 2.22. The molecule has 0 aliphatic rings. The summed E-state index contributed by atoms with van der Waals surface area (Å²) in [5, 5.41) is 0. The zero-order valence-electron chi connectivity index (χ0n) is 7.82. The van der Waals surface area contributed by atoms with Gasteiger partial charge in [-0.05, 0) is 37.8 Å². The SMILES string of the molecule is CCc1c(C)oc(C)c1CC. The smallest absolute Gasteiger partial charge is 0.104 e. The topological polar surface area (TPSA) is 13.1 Å². The largest absolute Gasteiger partial charge is 0.466 e. The first-order chi connectivity index (χ1) is 5.20. The molecule has 0 saturated heterocycles. The summed E-state index contributed by atoms with van der Waals surface area (Å²) in [6.07, 6.45) is 2.18. The molecule has 0 atom stereocenters. The normalized spacial score (nSPS) is 10.5. The van der Waals surface area contributed by atoms with Crippen molar-refractivity contribution in [3.8, 4) is 0 Å². The van der Waals surface area contributed by atoms with E-state index in [0.29, 0.717) is 0 Å². The summed E-state index contributed by atoms with van der Waals surface area (Å²) in [5.41, 5.74) is 2.81. The van der Waals surface area contributed by atoms with E-state index in [1.54, 1.807) is 0 Å². The lowest BCUT2D eigenvalue weighted by Crippen LogP contribution is -1.88. The average Bonchev–Trinajstić information content (AvgIpc) is 2.24. The highest BCUT2D eigenvalue weighted by atomic mass is 16.3. The molecule has 0 amide bonds. The molecule has 0 bridgehead atoms. The molecule has 0 saturated carbocycles. The van der Waals surface area contributed by atoms with Gasteiger partial charge in [-0.15, -0.1) is 0 Å². The molecule has 1 aromatic heterocycles. The second-order valence-corrected chi connectivity index (χ2v) is 2.88. The number of aryl methyl sites for hydroxylation is 2. The maximum atomic E-state index is 5.53. The fourth-order valence-corrected chi connectivity index (χ4v) is 1.70. The standard InChI is InChI=1S/C10H16O/c1-5-9-7(3)11-8(4)10(9)6-2/h5-6H2,1-4H3. The van der Waals surface area contributed by atoms with Crippen LogP contribution in [-0.4, -0.2) is 0 Å². The van der Waals surface area contributed by atoms with Crippen molar-refractivity contribution in [1.29, 1.82) is 0 Å². The highest BCUT2D eigenvalue weighted by Gasteiger charge is 2.10. The van der Waals surface area contributed by atoms with E-state index < -0.39 is 0 Å². The third-order valence-corrected chi connectivity index (χ3v) is 2.23. The predicted molar refractivity (Wildman–Crippen MR) is 46.9 cm³/mol. The minimum absolute atomic E-state index is 1.09. The lowest BCUT2D eigenvalue weighted by molar-refractivity contribution is 0.499. The zero-order valence-corrected chi connectivity index (χ0v) is 7.82. The molecule has 1 heteroatoms. The van der Waals surface area contributed by atoms with E-state index in [1.807, 2.05) is 13.8 Å². The summed E-state index contributed by atoms with van der Waals surface area (Å²) >= 11 is 0. The molecule has 1 rings (SSSR count). The van der Waals surface area contributed by atoms with Crippen molar-refractivity contribution < 1.29 is 4.42 Å². The maximum absolute atomic E-state index is 5.53. The monoisotopic (exact) mass is 152 g/mol. The zero-order chi connectivity index (χ0) is 8.43. The lowest BCUT2D eigenvalue weighted by Gasteiger charge is -1.96. The van der Waals surface area contributed by atoms with Crippen LogP contribution in [0, 0.1) is 13.8 Å². The Kier molecular flexibility index (Phi) is 2.38. The van der Waals surface area contributed by atoms with Crippen LogP contribution in [0.4, 0.5) is 0 Å². The van der Waals surface area contributed by atoms with Gasteiger partial charge in [-0.3, -0.25) is 0 Å². The van der Waals surface area contributed by atoms with E-state index in [4.69, 9.17) is 4.42 Å². The molecule has 62 valence electrons. The Morgan fingerprint density at radius 3 is 1.55 bits per heavy atom. The van der Waals surface area contributed by atoms with Gasteiger partial charge in [-0.25, -0.2) is 0 Å². The minimum Gasteiger partial charge on any atom is -0.466 e. The van der Waals surface area contributed by atoms with E-state index in [1.165, 1.54) is 11.1 Å². The third kappa shape index (κ3) is 1.32. The van der Waals surface area contributed by atoms with Gasteiger partial charge >= 0.3 is 0 Å². The molecule has 0 N–H and O–H groups in total. The van der Waals surface area contributed by atoms with Crippen LogP contribution in [0.25, 0.3) is 0 Å². The summed E-state index contributed by atoms with van der Waals surface area (Å²) in [4.78, 5) is 0. The molecule has 0 aromatic carbocycles. The average molecular weight is 152 g/mol.